The van der Waals surface area contributed by atoms with Crippen LogP contribution >= 0.6 is 35.2 Å². The van der Waals surface area contributed by atoms with E-state index in [0.717, 1.165) is 47.9 Å². The van der Waals surface area contributed by atoms with Crippen molar-refractivity contribution >= 4 is 75.6 Å². The number of imidazole rings is 1. The second kappa shape index (κ2) is 23.5. The van der Waals surface area contributed by atoms with Crippen LogP contribution in [-0.4, -0.2) is 142 Å². The first-order valence-corrected chi connectivity index (χ1v) is 26.1. The molecule has 0 radical (unpaired) electrons. The van der Waals surface area contributed by atoms with Crippen molar-refractivity contribution in [2.75, 3.05) is 50.1 Å². The molecule has 2 aliphatic heterocycles. The maximum absolute atomic E-state index is 12.7. The number of nitrogens with two attached hydrogens (primary N) is 1. The largest absolute Gasteiger partial charge is 0.481 e. The van der Waals surface area contributed by atoms with Crippen LogP contribution in [0.2, 0.25) is 0 Å². The second-order valence-corrected chi connectivity index (χ2v) is 21.2. The Hall–Kier alpha value is -3.75. The third-order valence-corrected chi connectivity index (χ3v) is 14.3. The molecule has 8 atom stereocenters. The first kappa shape index (κ1) is 53.2. The summed E-state index contributed by atoms with van der Waals surface area (Å²) in [5.41, 5.74) is 6.49. The molecule has 1 aliphatic carbocycles. The third-order valence-electron chi connectivity index (χ3n) is 10.1. The molecule has 3 unspecified atom stereocenters. The van der Waals surface area contributed by atoms with E-state index in [2.05, 4.69) is 50.8 Å². The molecule has 26 nitrogen and oxygen atoms in total. The Bertz CT molecular complexity index is 2330. The van der Waals surface area contributed by atoms with Crippen LogP contribution in [0.5, 0.6) is 0 Å². The van der Waals surface area contributed by atoms with Gasteiger partial charge in [-0.15, -0.1) is 0 Å². The lowest BCUT2D eigenvalue weighted by Gasteiger charge is -2.30. The SMILES string of the molecule is CC(C)(COP(=O)(O)OP(=O)(O)OC[C@@H]1O[C@@H](n2cnc3c(N)ncnc32)[C@H](O)[C@H]1OP(=O)(O)O)[C@@H](O)C(=O)NCCC(=O)NCCSCCCCC(=O)NCCC1=CN=C2C=CC=CC12. The number of allylic oxidation sites excluding steroid dienone is 4. The van der Waals surface area contributed by atoms with E-state index in [1.165, 1.54) is 19.4 Å². The first-order chi connectivity index (χ1) is 31.1. The number of aliphatic imine (C=N–C) groups is 1. The molecule has 2 aromatic heterocycles. The highest BCUT2D eigenvalue weighted by Crippen LogP contribution is 2.61. The van der Waals surface area contributed by atoms with Crippen LogP contribution < -0.4 is 21.7 Å². The van der Waals surface area contributed by atoms with Gasteiger partial charge in [0.2, 0.25) is 17.7 Å². The number of thioether (sulfide) groups is 1. The smallest absolute Gasteiger partial charge is 0.386 e. The summed E-state index contributed by atoms with van der Waals surface area (Å²) in [6.45, 7) is 1.29. The van der Waals surface area contributed by atoms with Gasteiger partial charge in [-0.1, -0.05) is 32.1 Å². The third kappa shape index (κ3) is 15.7. The molecular weight excluding hydrogens is 955 g/mol. The normalized spacial score (nSPS) is 22.8. The van der Waals surface area contributed by atoms with E-state index >= 15 is 0 Å². The van der Waals surface area contributed by atoms with Gasteiger partial charge in [-0.2, -0.15) is 16.1 Å². The number of hydrogen-bond donors (Lipinski definition) is 10. The van der Waals surface area contributed by atoms with Gasteiger partial charge in [-0.3, -0.25) is 37.5 Å². The van der Waals surface area contributed by atoms with E-state index in [9.17, 15) is 57.9 Å². The zero-order chi connectivity index (χ0) is 48.3. The average molecular weight is 1010 g/mol. The lowest BCUT2D eigenvalue weighted by Crippen LogP contribution is -2.46. The average Bonchev–Trinajstić information content (AvgIpc) is 3.95. The summed E-state index contributed by atoms with van der Waals surface area (Å²) >= 11 is 1.62. The van der Waals surface area contributed by atoms with Gasteiger partial charge in [0.25, 0.3) is 0 Å². The minimum absolute atomic E-state index is 0.0000989. The molecule has 0 spiro atoms. The number of phosphoric ester groups is 3. The van der Waals surface area contributed by atoms with Crippen molar-refractivity contribution in [3.05, 3.63) is 48.7 Å². The van der Waals surface area contributed by atoms with Crippen LogP contribution in [0.3, 0.4) is 0 Å². The number of anilines is 1. The van der Waals surface area contributed by atoms with Gasteiger partial charge in [-0.25, -0.2) is 28.6 Å². The quantitative estimate of drug-likeness (QED) is 0.0439. The summed E-state index contributed by atoms with van der Waals surface area (Å²) in [5.74, 6) is 0.274. The molecular formula is C36H54N9O17P3S. The second-order valence-electron chi connectivity index (χ2n) is 15.7. The van der Waals surface area contributed by atoms with Crippen molar-refractivity contribution in [3.8, 4) is 0 Å². The fraction of sp³-hybridized carbons (Fsp3) is 0.583. The van der Waals surface area contributed by atoms with Gasteiger partial charge in [0.1, 0.15) is 36.3 Å². The molecule has 11 N–H and O–H groups in total. The number of rotatable bonds is 27. The number of fused-ring (bicyclic) bond motifs is 2. The zero-order valence-corrected chi connectivity index (χ0v) is 39.2. The number of nitrogen functional groups attached to an aromatic ring is 1. The fourth-order valence-corrected chi connectivity index (χ4v) is 10.3. The fourth-order valence-electron chi connectivity index (χ4n) is 6.66. The Morgan fingerprint density at radius 1 is 0.955 bits per heavy atom. The van der Waals surface area contributed by atoms with Crippen molar-refractivity contribution in [1.82, 2.24) is 35.5 Å². The molecule has 1 fully saturated rings. The Balaban J connectivity index is 0.939. The minimum atomic E-state index is -5.57. The Kier molecular flexibility index (Phi) is 19.0. The summed E-state index contributed by atoms with van der Waals surface area (Å²) in [5, 5.41) is 29.6. The number of aliphatic hydroxyl groups is 2. The van der Waals surface area contributed by atoms with Gasteiger partial charge in [-0.05, 0) is 36.7 Å². The van der Waals surface area contributed by atoms with E-state index in [-0.39, 0.29) is 47.7 Å². The number of amides is 3. The first-order valence-electron chi connectivity index (χ1n) is 20.4. The highest BCUT2D eigenvalue weighted by atomic mass is 32.2. The summed E-state index contributed by atoms with van der Waals surface area (Å²) in [7, 11) is -16.4. The number of nitrogens with zero attached hydrogens (tertiary/aromatic N) is 5. The predicted molar refractivity (Wildman–Crippen MR) is 236 cm³/mol. The number of carbonyl (C=O) groups excluding carboxylic acids is 3. The lowest BCUT2D eigenvalue weighted by molar-refractivity contribution is -0.137. The van der Waals surface area contributed by atoms with Crippen molar-refractivity contribution in [2.24, 2.45) is 16.3 Å². The number of hydrogen-bond acceptors (Lipinski definition) is 19. The van der Waals surface area contributed by atoms with Crippen molar-refractivity contribution < 1.29 is 80.5 Å². The predicted octanol–water partition coefficient (Wildman–Crippen LogP) is 0.895. The van der Waals surface area contributed by atoms with Gasteiger partial charge in [0.15, 0.2) is 17.7 Å². The van der Waals surface area contributed by atoms with Gasteiger partial charge in [0.05, 0.1) is 25.3 Å². The highest BCUT2D eigenvalue weighted by molar-refractivity contribution is 7.99. The number of aliphatic hydroxyl groups excluding tert-OH is 2. The molecule has 366 valence electrons. The minimum Gasteiger partial charge on any atom is -0.386 e. The van der Waals surface area contributed by atoms with E-state index in [1.807, 2.05) is 24.4 Å². The maximum Gasteiger partial charge on any atom is 0.481 e. The molecule has 2 aromatic rings. The highest BCUT2D eigenvalue weighted by Gasteiger charge is 2.50. The molecule has 1 saturated heterocycles. The van der Waals surface area contributed by atoms with Crippen LogP contribution in [-0.2, 0) is 50.7 Å². The number of ether oxygens (including phenoxy) is 1. The molecule has 0 saturated carbocycles. The molecule has 30 heteroatoms. The van der Waals surface area contributed by atoms with Gasteiger partial charge in [0, 0.05) is 55.8 Å². The van der Waals surface area contributed by atoms with Crippen LogP contribution in [0, 0.1) is 11.3 Å². The molecule has 4 heterocycles. The number of unbranched alkanes of at least 4 members (excludes halogenated alkanes) is 1. The molecule has 66 heavy (non-hydrogen) atoms. The Labute approximate surface area is 382 Å². The standard InChI is InChI=1S/C36H54N9O17P3S/c1-36(2,31(49)34(50)40-13-11-27(47)39-14-16-66-15-6-5-9-26(46)38-12-10-22-17-41-24-8-4-3-7-23(22)24)19-59-65(56,57)62-64(54,55)58-18-25-30(61-63(51,52)53)29(48)35(60-25)45-21-44-28-32(37)42-20-43-33(28)45/h3-4,7-8,17,20-21,23,25,29-31,35,48-49H,5-6,9-16,18-19H2,1-2H3,(H,38,46)(H,39,47)(H,40,50)(H,54,55)(H,56,57)(H2,37,42,43)(H2,51,52,53)/t23?,25-,29+,30-,31-,35+/m0/s1. The summed E-state index contributed by atoms with van der Waals surface area (Å²) in [4.78, 5) is 92.7. The molecule has 5 rings (SSSR count). The topological polar surface area (TPSA) is 388 Å². The zero-order valence-electron chi connectivity index (χ0n) is 35.7. The van der Waals surface area contributed by atoms with E-state index in [4.69, 9.17) is 19.5 Å². The number of phosphoric acid groups is 3. The Morgan fingerprint density at radius 3 is 2.44 bits per heavy atom. The lowest BCUT2D eigenvalue weighted by atomic mass is 9.87. The molecule has 0 aromatic carbocycles. The number of aromatic nitrogens is 4. The van der Waals surface area contributed by atoms with Crippen LogP contribution in [0.1, 0.15) is 52.2 Å². The van der Waals surface area contributed by atoms with Crippen LogP contribution in [0.4, 0.5) is 5.82 Å². The van der Waals surface area contributed by atoms with E-state index < -0.39 is 78.6 Å². The van der Waals surface area contributed by atoms with Crippen molar-refractivity contribution in [3.63, 3.8) is 0 Å². The van der Waals surface area contributed by atoms with Gasteiger partial charge < -0.3 is 56.2 Å². The number of nitrogens with one attached hydrogen (secondary N) is 3. The van der Waals surface area contributed by atoms with Crippen molar-refractivity contribution in [1.29, 1.82) is 0 Å². The molecule has 0 bridgehead atoms. The summed E-state index contributed by atoms with van der Waals surface area (Å²) < 4.78 is 62.4. The summed E-state index contributed by atoms with van der Waals surface area (Å²) in [6.07, 6.45) is 5.79. The monoisotopic (exact) mass is 1010 g/mol. The van der Waals surface area contributed by atoms with Gasteiger partial charge >= 0.3 is 23.5 Å². The maximum atomic E-state index is 12.7. The van der Waals surface area contributed by atoms with Crippen LogP contribution in [0.15, 0.2) is 53.7 Å². The molecule has 3 amide bonds. The van der Waals surface area contributed by atoms with Crippen LogP contribution in [0.25, 0.3) is 11.2 Å². The Morgan fingerprint density at radius 2 is 1.68 bits per heavy atom. The summed E-state index contributed by atoms with van der Waals surface area (Å²) in [6, 6.07) is 0. The van der Waals surface area contributed by atoms with E-state index in [0.29, 0.717) is 25.3 Å². The molecule has 3 aliphatic rings. The number of carbonyl (C=O) groups is 3. The van der Waals surface area contributed by atoms with Crippen molar-refractivity contribution in [2.45, 2.75) is 76.6 Å². The van der Waals surface area contributed by atoms with E-state index in [1.54, 1.807) is 11.8 Å².